The average molecular weight is 898 g/mol. The fourth-order valence-electron chi connectivity index (χ4n) is 6.17. The molecule has 0 spiro atoms. The summed E-state index contributed by atoms with van der Waals surface area (Å²) in [6.07, 6.45) is 12.4. The third-order valence-corrected chi connectivity index (χ3v) is 28.6. The van der Waals surface area contributed by atoms with Gasteiger partial charge in [0.25, 0.3) is 0 Å². The van der Waals surface area contributed by atoms with Crippen LogP contribution in [0, 0.1) is 0 Å². The van der Waals surface area contributed by atoms with Crippen LogP contribution in [0.3, 0.4) is 0 Å². The highest BCUT2D eigenvalue weighted by Gasteiger charge is 2.37. The zero-order chi connectivity index (χ0) is 40.1. The number of unbranched alkanes of at least 4 members (excludes halogenated alkanes) is 6. The van der Waals surface area contributed by atoms with E-state index in [0.717, 1.165) is 13.2 Å². The predicted octanol–water partition coefficient (Wildman–Crippen LogP) is 18.1. The van der Waals surface area contributed by atoms with Crippen LogP contribution in [0.15, 0.2) is 60.7 Å². The van der Waals surface area contributed by atoms with Crippen molar-refractivity contribution in [2.75, 3.05) is 13.2 Å². The molecule has 10 heteroatoms. The summed E-state index contributed by atoms with van der Waals surface area (Å²) in [5.41, 5.74) is 0. The topological polar surface area (TPSA) is 18.5 Å². The smallest absolute Gasteiger partial charge is 0.191 e. The molecule has 0 aromatic carbocycles. The Labute approximate surface area is 364 Å². The molecular weight excluding hydrogens is 833 g/mol. The molecule has 6 aromatic rings. The molecule has 2 nitrogen and oxygen atoms in total. The highest BCUT2D eigenvalue weighted by molar-refractivity contribution is 7.42. The van der Waals surface area contributed by atoms with Crippen LogP contribution in [-0.4, -0.2) is 29.8 Å². The molecule has 0 saturated heterocycles. The second-order valence-electron chi connectivity index (χ2n) is 18.4. The fourth-order valence-corrected chi connectivity index (χ4v) is 15.2. The second-order valence-corrected chi connectivity index (χ2v) is 34.9. The third-order valence-electron chi connectivity index (χ3n) is 11.9. The summed E-state index contributed by atoms with van der Waals surface area (Å²) in [5, 5.41) is 1.97. The van der Waals surface area contributed by atoms with Crippen molar-refractivity contribution in [3.63, 3.8) is 0 Å². The quantitative estimate of drug-likeness (QED) is 0.0561. The van der Waals surface area contributed by atoms with Gasteiger partial charge in [-0.05, 0) is 135 Å². The Morgan fingerprint density at radius 3 is 1.12 bits per heavy atom. The summed E-state index contributed by atoms with van der Waals surface area (Å²) >= 11 is 11.7. The maximum absolute atomic E-state index is 6.37. The number of hydrogen-bond acceptors (Lipinski definition) is 8. The van der Waals surface area contributed by atoms with Gasteiger partial charge in [-0.3, -0.25) is 0 Å². The van der Waals surface area contributed by atoms with E-state index in [0.29, 0.717) is 10.1 Å². The lowest BCUT2D eigenvalue weighted by atomic mass is 10.1. The number of fused-ring (bicyclic) bond motifs is 1. The predicted molar refractivity (Wildman–Crippen MR) is 264 cm³/mol. The summed E-state index contributed by atoms with van der Waals surface area (Å²) in [4.78, 5) is 14.2. The van der Waals surface area contributed by atoms with Gasteiger partial charge in [0.05, 0.1) is 4.01 Å². The number of aryl methyl sites for hydroxylation is 2. The van der Waals surface area contributed by atoms with Crippen molar-refractivity contribution in [3.05, 3.63) is 70.4 Å². The Balaban J connectivity index is 0.941. The van der Waals surface area contributed by atoms with Gasteiger partial charge < -0.3 is 8.85 Å². The third kappa shape index (κ3) is 11.5. The van der Waals surface area contributed by atoms with Crippen molar-refractivity contribution in [1.82, 2.24) is 0 Å². The molecule has 6 heterocycles. The summed E-state index contributed by atoms with van der Waals surface area (Å²) in [6, 6.07) is 23.5. The molecule has 0 aliphatic rings. The molecule has 0 N–H and O–H groups in total. The second kappa shape index (κ2) is 19.0. The Morgan fingerprint density at radius 2 is 0.750 bits per heavy atom. The van der Waals surface area contributed by atoms with Crippen molar-refractivity contribution in [1.29, 1.82) is 0 Å². The Morgan fingerprint density at radius 1 is 0.411 bits per heavy atom. The van der Waals surface area contributed by atoms with Crippen LogP contribution in [0.2, 0.25) is 36.3 Å². The molecule has 0 radical (unpaired) electrons. The Bertz CT molecular complexity index is 1940. The first-order valence-electron chi connectivity index (χ1n) is 20.7. The molecule has 0 atom stereocenters. The minimum atomic E-state index is -1.61. The number of thiophene rings is 6. The van der Waals surface area contributed by atoms with E-state index in [1.807, 2.05) is 68.0 Å². The van der Waals surface area contributed by atoms with E-state index >= 15 is 0 Å². The maximum atomic E-state index is 6.37. The van der Waals surface area contributed by atoms with Gasteiger partial charge in [0.15, 0.2) is 16.6 Å². The molecule has 0 saturated carbocycles. The van der Waals surface area contributed by atoms with E-state index in [1.54, 1.807) is 0 Å². The SMILES string of the molecule is CC(C)(C)[Si](C)(C)OCCCCCCc1ccc(-c2ccc(-c3cc4cc(-c5ccc(-c6ccc(CCCCCCO[Si](C)(C)C(C)(C)C)s6)s5)sc4s3)s2)s1. The highest BCUT2D eigenvalue weighted by atomic mass is 32.2. The molecule has 6 rings (SSSR count). The van der Waals surface area contributed by atoms with Crippen molar-refractivity contribution < 1.29 is 8.85 Å². The van der Waals surface area contributed by atoms with Crippen molar-refractivity contribution in [2.45, 2.75) is 142 Å². The first kappa shape index (κ1) is 44.4. The molecule has 304 valence electrons. The fraction of sp³-hybridized carbons (Fsp3) is 0.522. The molecule has 0 unspecified atom stereocenters. The Kier molecular flexibility index (Phi) is 15.1. The summed E-state index contributed by atoms with van der Waals surface area (Å²) in [6.45, 7) is 25.2. The zero-order valence-corrected chi connectivity index (χ0v) is 42.4. The zero-order valence-electron chi connectivity index (χ0n) is 35.5. The minimum absolute atomic E-state index is 0.297. The van der Waals surface area contributed by atoms with E-state index < -0.39 is 16.6 Å². The van der Waals surface area contributed by atoms with Gasteiger partial charge in [-0.1, -0.05) is 67.2 Å². The van der Waals surface area contributed by atoms with Crippen LogP contribution in [0.1, 0.15) is 103 Å². The molecule has 6 aromatic heterocycles. The van der Waals surface area contributed by atoms with E-state index in [9.17, 15) is 0 Å². The Hall–Kier alpha value is -1.19. The van der Waals surface area contributed by atoms with Crippen molar-refractivity contribution >= 4 is 94.1 Å². The summed E-state index contributed by atoms with van der Waals surface area (Å²) in [5.74, 6) is 0. The monoisotopic (exact) mass is 896 g/mol. The van der Waals surface area contributed by atoms with Gasteiger partial charge in [0.1, 0.15) is 0 Å². The van der Waals surface area contributed by atoms with Crippen LogP contribution < -0.4 is 0 Å². The number of rotatable bonds is 20. The molecular formula is C46H64O2S6Si2. The largest absolute Gasteiger partial charge is 0.417 e. The van der Waals surface area contributed by atoms with E-state index in [4.69, 9.17) is 8.85 Å². The molecule has 0 aliphatic carbocycles. The van der Waals surface area contributed by atoms with E-state index in [1.165, 1.54) is 122 Å². The lowest BCUT2D eigenvalue weighted by Crippen LogP contribution is -2.40. The molecule has 0 amide bonds. The average Bonchev–Trinajstić information content (AvgIpc) is 3.96. The van der Waals surface area contributed by atoms with Crippen LogP contribution in [0.25, 0.3) is 48.4 Å². The van der Waals surface area contributed by atoms with E-state index in [-0.39, 0.29) is 0 Å². The van der Waals surface area contributed by atoms with Crippen LogP contribution in [0.4, 0.5) is 0 Å². The van der Waals surface area contributed by atoms with Gasteiger partial charge >= 0.3 is 0 Å². The molecule has 56 heavy (non-hydrogen) atoms. The van der Waals surface area contributed by atoms with Crippen molar-refractivity contribution in [2.24, 2.45) is 0 Å². The summed E-state index contributed by atoms with van der Waals surface area (Å²) < 4.78 is 14.2. The van der Waals surface area contributed by atoms with Gasteiger partial charge in [0.2, 0.25) is 0 Å². The van der Waals surface area contributed by atoms with Crippen LogP contribution in [-0.2, 0) is 21.7 Å². The van der Waals surface area contributed by atoms with Gasteiger partial charge in [0, 0.05) is 67.4 Å². The first-order valence-corrected chi connectivity index (χ1v) is 31.4. The maximum Gasteiger partial charge on any atom is 0.191 e. The standard InChI is InChI=1S/C46H64O2S6Si2/c1-45(2,3)55(7,8)47-29-17-13-11-15-19-34-21-23-36(49-34)38-25-27-40(51-38)42-31-33-32-43(54-44(33)53-42)41-28-26-39(52-41)37-24-22-35(50-37)20-16-12-14-18-30-48-56(9,10)46(4,5)6/h21-28,31-32H,11-20,29-30H2,1-10H3. The van der Waals surface area contributed by atoms with Crippen molar-refractivity contribution in [3.8, 4) is 39.0 Å². The highest BCUT2D eigenvalue weighted by Crippen LogP contribution is 2.47. The van der Waals surface area contributed by atoms with Crippen LogP contribution in [0.5, 0.6) is 0 Å². The van der Waals surface area contributed by atoms with Gasteiger partial charge in [-0.2, -0.15) is 0 Å². The lowest BCUT2D eigenvalue weighted by molar-refractivity contribution is 0.277. The van der Waals surface area contributed by atoms with Crippen LogP contribution >= 0.6 is 68.0 Å². The normalized spacial score (nSPS) is 13.1. The number of hydrogen-bond donors (Lipinski definition) is 0. The molecule has 0 bridgehead atoms. The first-order chi connectivity index (χ1) is 26.5. The summed E-state index contributed by atoms with van der Waals surface area (Å²) in [7, 11) is -3.23. The lowest BCUT2D eigenvalue weighted by Gasteiger charge is -2.36. The van der Waals surface area contributed by atoms with E-state index in [2.05, 4.69) is 128 Å². The van der Waals surface area contributed by atoms with Gasteiger partial charge in [-0.15, -0.1) is 68.0 Å². The molecule has 0 aliphatic heterocycles. The molecule has 0 fully saturated rings. The van der Waals surface area contributed by atoms with Gasteiger partial charge in [-0.25, -0.2) is 0 Å². The minimum Gasteiger partial charge on any atom is -0.417 e.